The number of nitrogens with zero attached hydrogens (tertiary/aromatic N) is 3. The van der Waals surface area contributed by atoms with Crippen LogP contribution in [-0.2, 0) is 7.05 Å². The highest BCUT2D eigenvalue weighted by molar-refractivity contribution is 7.12. The standard InChI is InChI=1S/C29H27N5O2S/c1-4-26(33-28(35)22-8-9-23-14-30-11-10-19(23)12-22)21-7-5-6-20(13-21)25-17-37-27(18(25)2)29(36)32-24-15-31-34(3)16-24/h5-17,26H,4H2,1-3H3,(H,32,36)(H,33,35)/t26-/m1/s1. The predicted molar refractivity (Wildman–Crippen MR) is 148 cm³/mol. The van der Waals surface area contributed by atoms with Gasteiger partial charge < -0.3 is 10.6 Å². The second-order valence-corrected chi connectivity index (χ2v) is 9.84. The van der Waals surface area contributed by atoms with Gasteiger partial charge in [-0.3, -0.25) is 19.3 Å². The van der Waals surface area contributed by atoms with Crippen LogP contribution >= 0.6 is 11.3 Å². The van der Waals surface area contributed by atoms with E-state index in [0.29, 0.717) is 16.1 Å². The summed E-state index contributed by atoms with van der Waals surface area (Å²) in [5.41, 5.74) is 5.24. The lowest BCUT2D eigenvalue weighted by Crippen LogP contribution is -2.28. The molecule has 1 atom stereocenters. The molecule has 8 heteroatoms. The highest BCUT2D eigenvalue weighted by atomic mass is 32.1. The number of nitrogens with one attached hydrogen (secondary N) is 2. The van der Waals surface area contributed by atoms with Gasteiger partial charge in [0, 0.05) is 36.6 Å². The first kappa shape index (κ1) is 24.4. The Bertz CT molecular complexity index is 1600. The Morgan fingerprint density at radius 1 is 1.05 bits per heavy atom. The first-order chi connectivity index (χ1) is 17.9. The third kappa shape index (κ3) is 5.15. The molecule has 0 spiro atoms. The first-order valence-corrected chi connectivity index (χ1v) is 12.9. The molecule has 3 aromatic heterocycles. The van der Waals surface area contributed by atoms with Gasteiger partial charge in [0.05, 0.1) is 22.8 Å². The van der Waals surface area contributed by atoms with Crippen molar-refractivity contribution in [3.8, 4) is 11.1 Å². The molecule has 3 heterocycles. The number of amides is 2. The zero-order valence-electron chi connectivity index (χ0n) is 20.9. The molecular formula is C29H27N5O2S. The molecule has 5 rings (SSSR count). The number of hydrogen-bond donors (Lipinski definition) is 2. The molecule has 2 N–H and O–H groups in total. The third-order valence-electron chi connectivity index (χ3n) is 6.42. The molecular weight excluding hydrogens is 482 g/mol. The number of thiophene rings is 1. The highest BCUT2D eigenvalue weighted by Gasteiger charge is 2.19. The fourth-order valence-electron chi connectivity index (χ4n) is 4.41. The third-order valence-corrected chi connectivity index (χ3v) is 7.51. The number of rotatable bonds is 7. The van der Waals surface area contributed by atoms with Crippen LogP contribution in [0, 0.1) is 6.92 Å². The number of anilines is 1. The molecule has 0 aliphatic heterocycles. The van der Waals surface area contributed by atoms with Crippen molar-refractivity contribution in [2.75, 3.05) is 5.32 Å². The quantitative estimate of drug-likeness (QED) is 0.276. The van der Waals surface area contributed by atoms with Gasteiger partial charge in [-0.1, -0.05) is 31.2 Å². The van der Waals surface area contributed by atoms with Crippen molar-refractivity contribution in [2.45, 2.75) is 26.3 Å². The van der Waals surface area contributed by atoms with E-state index >= 15 is 0 Å². The number of aromatic nitrogens is 3. The number of aryl methyl sites for hydroxylation is 1. The first-order valence-electron chi connectivity index (χ1n) is 12.1. The Morgan fingerprint density at radius 3 is 2.70 bits per heavy atom. The van der Waals surface area contributed by atoms with Crippen molar-refractivity contribution in [3.05, 3.63) is 100 Å². The minimum absolute atomic E-state index is 0.114. The fraction of sp³-hybridized carbons (Fsp3) is 0.172. The summed E-state index contributed by atoms with van der Waals surface area (Å²) in [6.45, 7) is 4.02. The number of carbonyl (C=O) groups is 2. The lowest BCUT2D eigenvalue weighted by atomic mass is 9.97. The van der Waals surface area contributed by atoms with Gasteiger partial charge >= 0.3 is 0 Å². The number of benzene rings is 2. The summed E-state index contributed by atoms with van der Waals surface area (Å²) in [5, 5.41) is 14.2. The Morgan fingerprint density at radius 2 is 1.92 bits per heavy atom. The molecule has 0 aliphatic carbocycles. The molecule has 0 aliphatic rings. The van der Waals surface area contributed by atoms with Gasteiger partial charge in [-0.25, -0.2) is 0 Å². The average Bonchev–Trinajstić information content (AvgIpc) is 3.51. The van der Waals surface area contributed by atoms with E-state index in [2.05, 4.69) is 33.7 Å². The van der Waals surface area contributed by atoms with E-state index in [9.17, 15) is 9.59 Å². The molecule has 0 bridgehead atoms. The zero-order chi connectivity index (χ0) is 25.9. The molecule has 0 radical (unpaired) electrons. The van der Waals surface area contributed by atoms with E-state index in [0.717, 1.165) is 39.4 Å². The zero-order valence-corrected chi connectivity index (χ0v) is 21.7. The Hall–Kier alpha value is -4.30. The molecule has 0 fully saturated rings. The SMILES string of the molecule is CC[C@@H](NC(=O)c1ccc2cnccc2c1)c1cccc(-c2csc(C(=O)Nc3cnn(C)c3)c2C)c1. The van der Waals surface area contributed by atoms with Gasteiger partial charge in [-0.15, -0.1) is 11.3 Å². The number of carbonyl (C=O) groups excluding carboxylic acids is 2. The van der Waals surface area contributed by atoms with E-state index in [1.165, 1.54) is 11.3 Å². The van der Waals surface area contributed by atoms with Crippen LogP contribution in [-0.4, -0.2) is 26.6 Å². The second kappa shape index (κ2) is 10.4. The molecule has 5 aromatic rings. The molecule has 0 saturated carbocycles. The van der Waals surface area contributed by atoms with E-state index in [1.807, 2.05) is 61.8 Å². The van der Waals surface area contributed by atoms with Crippen LogP contribution < -0.4 is 10.6 Å². The predicted octanol–water partition coefficient (Wildman–Crippen LogP) is 6.14. The Labute approximate surface area is 219 Å². The maximum absolute atomic E-state index is 13.1. The molecule has 186 valence electrons. The van der Waals surface area contributed by atoms with Gasteiger partial charge in [0.1, 0.15) is 0 Å². The minimum Gasteiger partial charge on any atom is -0.345 e. The summed E-state index contributed by atoms with van der Waals surface area (Å²) in [6.07, 6.45) is 7.65. The van der Waals surface area contributed by atoms with Crippen molar-refractivity contribution < 1.29 is 9.59 Å². The van der Waals surface area contributed by atoms with E-state index in [4.69, 9.17) is 0 Å². The Balaban J connectivity index is 1.35. The topological polar surface area (TPSA) is 88.9 Å². The van der Waals surface area contributed by atoms with Gasteiger partial charge in [0.2, 0.25) is 0 Å². The van der Waals surface area contributed by atoms with Crippen molar-refractivity contribution in [1.82, 2.24) is 20.1 Å². The van der Waals surface area contributed by atoms with Crippen LogP contribution in [0.3, 0.4) is 0 Å². The number of fused-ring (bicyclic) bond motifs is 1. The van der Waals surface area contributed by atoms with Crippen molar-refractivity contribution in [1.29, 1.82) is 0 Å². The fourth-order valence-corrected chi connectivity index (χ4v) is 5.40. The van der Waals surface area contributed by atoms with Crippen molar-refractivity contribution in [2.24, 2.45) is 7.05 Å². The van der Waals surface area contributed by atoms with Crippen molar-refractivity contribution >= 4 is 39.6 Å². The lowest BCUT2D eigenvalue weighted by Gasteiger charge is -2.19. The molecule has 0 saturated heterocycles. The molecule has 37 heavy (non-hydrogen) atoms. The second-order valence-electron chi connectivity index (χ2n) is 8.96. The Kier molecular flexibility index (Phi) is 6.83. The lowest BCUT2D eigenvalue weighted by molar-refractivity contribution is 0.0935. The maximum atomic E-state index is 13.1. The van der Waals surface area contributed by atoms with Gasteiger partial charge in [0.25, 0.3) is 11.8 Å². The van der Waals surface area contributed by atoms with Crippen LogP contribution in [0.15, 0.2) is 78.7 Å². The summed E-state index contributed by atoms with van der Waals surface area (Å²) in [5.74, 6) is -0.264. The summed E-state index contributed by atoms with van der Waals surface area (Å²) in [6, 6.07) is 15.6. The van der Waals surface area contributed by atoms with Gasteiger partial charge in [-0.05, 0) is 70.6 Å². The molecule has 2 amide bonds. The van der Waals surface area contributed by atoms with Crippen LogP contribution in [0.5, 0.6) is 0 Å². The van der Waals surface area contributed by atoms with E-state index < -0.39 is 0 Å². The normalized spacial score (nSPS) is 11.9. The summed E-state index contributed by atoms with van der Waals surface area (Å²) < 4.78 is 1.65. The maximum Gasteiger partial charge on any atom is 0.266 e. The summed E-state index contributed by atoms with van der Waals surface area (Å²) in [4.78, 5) is 30.8. The summed E-state index contributed by atoms with van der Waals surface area (Å²) in [7, 11) is 1.81. The largest absolute Gasteiger partial charge is 0.345 e. The smallest absolute Gasteiger partial charge is 0.266 e. The van der Waals surface area contributed by atoms with Crippen LogP contribution in [0.4, 0.5) is 5.69 Å². The highest BCUT2D eigenvalue weighted by Crippen LogP contribution is 2.33. The molecule has 7 nitrogen and oxygen atoms in total. The monoisotopic (exact) mass is 509 g/mol. The van der Waals surface area contributed by atoms with E-state index in [1.54, 1.807) is 29.5 Å². The van der Waals surface area contributed by atoms with E-state index in [-0.39, 0.29) is 17.9 Å². The molecule has 2 aromatic carbocycles. The van der Waals surface area contributed by atoms with Crippen LogP contribution in [0.1, 0.15) is 50.5 Å². The van der Waals surface area contributed by atoms with Gasteiger partial charge in [0.15, 0.2) is 0 Å². The van der Waals surface area contributed by atoms with Crippen LogP contribution in [0.2, 0.25) is 0 Å². The number of pyridine rings is 1. The molecule has 0 unspecified atom stereocenters. The summed E-state index contributed by atoms with van der Waals surface area (Å²) >= 11 is 1.42. The minimum atomic E-state index is -0.150. The average molecular weight is 510 g/mol. The van der Waals surface area contributed by atoms with Gasteiger partial charge in [-0.2, -0.15) is 5.10 Å². The van der Waals surface area contributed by atoms with Crippen molar-refractivity contribution in [3.63, 3.8) is 0 Å². The van der Waals surface area contributed by atoms with Crippen LogP contribution in [0.25, 0.3) is 21.9 Å². The number of hydrogen-bond acceptors (Lipinski definition) is 5.